The third kappa shape index (κ3) is 7.37. The zero-order valence-electron chi connectivity index (χ0n) is 24.2. The molecule has 3 N–H and O–H groups in total. The van der Waals surface area contributed by atoms with Gasteiger partial charge in [0.1, 0.15) is 30.3 Å². The Morgan fingerprint density at radius 3 is 2.54 bits per heavy atom. The molecule has 4 rings (SSSR count). The first-order chi connectivity index (χ1) is 19.4. The predicted molar refractivity (Wildman–Crippen MR) is 146 cm³/mol. The van der Waals surface area contributed by atoms with Crippen LogP contribution in [0, 0.1) is 28.6 Å². The second-order valence-electron chi connectivity index (χ2n) is 12.6. The van der Waals surface area contributed by atoms with Crippen molar-refractivity contribution in [3.05, 3.63) is 11.6 Å². The number of hydrogen-bond donors (Lipinski definition) is 3. The monoisotopic (exact) mass is 571 g/mol. The van der Waals surface area contributed by atoms with Crippen molar-refractivity contribution < 1.29 is 33.4 Å². The van der Waals surface area contributed by atoms with Crippen LogP contribution < -0.4 is 16.0 Å². The number of hydrogen-bond acceptors (Lipinski definition) is 8. The fourth-order valence-corrected chi connectivity index (χ4v) is 5.78. The van der Waals surface area contributed by atoms with Gasteiger partial charge in [-0.3, -0.25) is 14.4 Å². The Kier molecular flexibility index (Phi) is 9.24. The van der Waals surface area contributed by atoms with E-state index in [0.29, 0.717) is 19.4 Å². The molecule has 12 nitrogen and oxygen atoms in total. The zero-order chi connectivity index (χ0) is 29.9. The van der Waals surface area contributed by atoms with Gasteiger partial charge in [0.25, 0.3) is 0 Å². The van der Waals surface area contributed by atoms with Crippen LogP contribution >= 0.6 is 0 Å². The van der Waals surface area contributed by atoms with Gasteiger partial charge in [-0.1, -0.05) is 25.5 Å². The van der Waals surface area contributed by atoms with Gasteiger partial charge in [-0.25, -0.2) is 9.59 Å². The molecule has 4 amide bonds. The van der Waals surface area contributed by atoms with Crippen LogP contribution in [0.1, 0.15) is 72.6 Å². The van der Waals surface area contributed by atoms with Gasteiger partial charge >= 0.3 is 12.1 Å². The molecule has 0 radical (unpaired) electrons. The highest BCUT2D eigenvalue weighted by molar-refractivity contribution is 5.93. The Balaban J connectivity index is 1.67. The van der Waals surface area contributed by atoms with E-state index in [1.165, 1.54) is 4.90 Å². The molecule has 1 saturated carbocycles. The third-order valence-electron chi connectivity index (χ3n) is 8.47. The van der Waals surface area contributed by atoms with Gasteiger partial charge in [0, 0.05) is 12.5 Å². The van der Waals surface area contributed by atoms with Crippen molar-refractivity contribution >= 4 is 29.8 Å². The molecular weight excluding hydrogens is 530 g/mol. The standard InChI is InChI=1S/C29H41N5O7/c1-16(2)5-6-17-9-11-34-22(17)25(36)31-19(15-30)13-18-14-21(32-24(18)35)27(38)40-12-10-29(3,4)23(26(34)37)33-28(39)41-20-7-8-20/h5,17-23H,6-14H2,1-4H3,(H,31,36)(H,32,35)(H,33,39)/t17-,18?,19-,21-,22-,23+/m0/s1. The van der Waals surface area contributed by atoms with Crippen LogP contribution in [0.2, 0.25) is 0 Å². The van der Waals surface area contributed by atoms with E-state index in [0.717, 1.165) is 18.4 Å². The molecular formula is C29H41N5O7. The Morgan fingerprint density at radius 1 is 1.15 bits per heavy atom. The summed E-state index contributed by atoms with van der Waals surface area (Å²) in [5, 5.41) is 18.0. The topological polar surface area (TPSA) is 167 Å². The number of nitriles is 1. The van der Waals surface area contributed by atoms with Crippen LogP contribution in [0.4, 0.5) is 4.79 Å². The van der Waals surface area contributed by atoms with Gasteiger partial charge in [0.2, 0.25) is 17.7 Å². The van der Waals surface area contributed by atoms with E-state index in [1.807, 2.05) is 19.9 Å². The summed E-state index contributed by atoms with van der Waals surface area (Å²) in [5.74, 6) is -2.74. The number of carbonyl (C=O) groups is 5. The van der Waals surface area contributed by atoms with E-state index in [-0.39, 0.29) is 43.8 Å². The summed E-state index contributed by atoms with van der Waals surface area (Å²) in [4.78, 5) is 67.6. The molecule has 3 aliphatic heterocycles. The van der Waals surface area contributed by atoms with Crippen molar-refractivity contribution in [1.82, 2.24) is 20.9 Å². The van der Waals surface area contributed by atoms with Crippen molar-refractivity contribution in [2.45, 2.75) is 103 Å². The van der Waals surface area contributed by atoms with Crippen LogP contribution in [0.15, 0.2) is 11.6 Å². The van der Waals surface area contributed by atoms with E-state index in [4.69, 9.17) is 9.47 Å². The summed E-state index contributed by atoms with van der Waals surface area (Å²) in [6.07, 6.45) is 4.22. The van der Waals surface area contributed by atoms with Crippen molar-refractivity contribution in [3.63, 3.8) is 0 Å². The molecule has 0 aromatic heterocycles. The minimum Gasteiger partial charge on any atom is -0.464 e. The number of ether oxygens (including phenoxy) is 2. The fourth-order valence-electron chi connectivity index (χ4n) is 5.78. The first-order valence-corrected chi connectivity index (χ1v) is 14.5. The molecule has 41 heavy (non-hydrogen) atoms. The maximum atomic E-state index is 14.2. The average Bonchev–Trinajstić information content (AvgIpc) is 3.48. The average molecular weight is 572 g/mol. The van der Waals surface area contributed by atoms with E-state index < -0.39 is 59.4 Å². The molecule has 2 bridgehead atoms. The lowest BCUT2D eigenvalue weighted by molar-refractivity contribution is -0.148. The van der Waals surface area contributed by atoms with Gasteiger partial charge in [-0.05, 0) is 70.1 Å². The molecule has 3 saturated heterocycles. The van der Waals surface area contributed by atoms with Crippen LogP contribution in [0.25, 0.3) is 0 Å². The molecule has 3 heterocycles. The van der Waals surface area contributed by atoms with Crippen molar-refractivity contribution in [2.24, 2.45) is 17.3 Å². The normalized spacial score (nSPS) is 32.1. The molecule has 12 heteroatoms. The van der Waals surface area contributed by atoms with Gasteiger partial charge in [-0.15, -0.1) is 0 Å². The highest BCUT2D eigenvalue weighted by atomic mass is 16.6. The molecule has 4 fully saturated rings. The van der Waals surface area contributed by atoms with Crippen LogP contribution in [0.5, 0.6) is 0 Å². The zero-order valence-corrected chi connectivity index (χ0v) is 24.2. The molecule has 4 aliphatic rings. The van der Waals surface area contributed by atoms with Crippen LogP contribution in [0.3, 0.4) is 0 Å². The molecule has 224 valence electrons. The number of carbonyl (C=O) groups excluding carboxylic acids is 5. The van der Waals surface area contributed by atoms with Gasteiger partial charge in [0.15, 0.2) is 0 Å². The second-order valence-corrected chi connectivity index (χ2v) is 12.6. The quantitative estimate of drug-likeness (QED) is 0.339. The number of cyclic esters (lactones) is 1. The number of nitrogens with one attached hydrogen (secondary N) is 3. The largest absolute Gasteiger partial charge is 0.464 e. The second kappa shape index (κ2) is 12.5. The molecule has 0 aromatic rings. The Hall–Kier alpha value is -3.62. The van der Waals surface area contributed by atoms with Crippen molar-refractivity contribution in [3.8, 4) is 6.07 Å². The number of nitrogens with zero attached hydrogens (tertiary/aromatic N) is 2. The Morgan fingerprint density at radius 2 is 1.88 bits per heavy atom. The fraction of sp³-hybridized carbons (Fsp3) is 0.724. The van der Waals surface area contributed by atoms with Crippen LogP contribution in [-0.2, 0) is 28.7 Å². The summed E-state index contributed by atoms with van der Waals surface area (Å²) in [6.45, 7) is 7.75. The SMILES string of the molecule is CC(C)=CC[C@H]1CCN2C(=O)[C@@H](NC(=O)OC3CC3)C(C)(C)CCOC(=O)[C@@H]3CC(C[C@@H](C#N)NC(=O)[C@H]12)C(=O)N3. The van der Waals surface area contributed by atoms with E-state index >= 15 is 0 Å². The number of rotatable bonds is 4. The molecule has 6 atom stereocenters. The smallest absolute Gasteiger partial charge is 0.408 e. The Bertz CT molecular complexity index is 1140. The molecule has 0 aromatic carbocycles. The van der Waals surface area contributed by atoms with Gasteiger partial charge in [0.05, 0.1) is 12.7 Å². The summed E-state index contributed by atoms with van der Waals surface area (Å²) in [6, 6.07) is -1.74. The summed E-state index contributed by atoms with van der Waals surface area (Å²) < 4.78 is 10.9. The third-order valence-corrected chi connectivity index (χ3v) is 8.47. The number of esters is 1. The number of alkyl carbamates (subject to hydrolysis) is 1. The lowest BCUT2D eigenvalue weighted by Crippen LogP contribution is -2.59. The first kappa shape index (κ1) is 30.3. The Labute approximate surface area is 240 Å². The maximum absolute atomic E-state index is 14.2. The lowest BCUT2D eigenvalue weighted by atomic mass is 9.80. The highest BCUT2D eigenvalue weighted by Crippen LogP contribution is 2.34. The van der Waals surface area contributed by atoms with Crippen LogP contribution in [-0.4, -0.2) is 78.1 Å². The summed E-state index contributed by atoms with van der Waals surface area (Å²) >= 11 is 0. The van der Waals surface area contributed by atoms with E-state index in [9.17, 15) is 29.2 Å². The molecule has 0 spiro atoms. The molecule has 1 aliphatic carbocycles. The summed E-state index contributed by atoms with van der Waals surface area (Å²) in [7, 11) is 0. The number of fused-ring (bicyclic) bond motifs is 3. The van der Waals surface area contributed by atoms with E-state index in [1.54, 1.807) is 13.8 Å². The summed E-state index contributed by atoms with van der Waals surface area (Å²) in [5.41, 5.74) is 0.185. The van der Waals surface area contributed by atoms with Crippen molar-refractivity contribution in [1.29, 1.82) is 5.26 Å². The van der Waals surface area contributed by atoms with Crippen molar-refractivity contribution in [2.75, 3.05) is 13.2 Å². The molecule has 1 unspecified atom stereocenters. The number of allylic oxidation sites excluding steroid dienone is 2. The minimum atomic E-state index is -1.07. The highest BCUT2D eigenvalue weighted by Gasteiger charge is 2.48. The first-order valence-electron chi connectivity index (χ1n) is 14.5. The number of amides is 4. The van der Waals surface area contributed by atoms with E-state index in [2.05, 4.69) is 22.0 Å². The lowest BCUT2D eigenvalue weighted by Gasteiger charge is -2.38. The maximum Gasteiger partial charge on any atom is 0.408 e. The van der Waals surface area contributed by atoms with Gasteiger partial charge < -0.3 is 30.3 Å². The predicted octanol–water partition coefficient (Wildman–Crippen LogP) is 1.69. The minimum absolute atomic E-state index is 0.0291. The van der Waals surface area contributed by atoms with Gasteiger partial charge in [-0.2, -0.15) is 5.26 Å².